The second-order valence-electron chi connectivity index (χ2n) is 6.15. The summed E-state index contributed by atoms with van der Waals surface area (Å²) in [5, 5.41) is 2.71. The van der Waals surface area contributed by atoms with Crippen LogP contribution in [0.5, 0.6) is 0 Å². The van der Waals surface area contributed by atoms with Crippen LogP contribution < -0.4 is 0 Å². The average Bonchev–Trinajstić information content (AvgIpc) is 2.78. The third-order valence-corrected chi connectivity index (χ3v) is 3.84. The van der Waals surface area contributed by atoms with Crippen molar-refractivity contribution in [2.45, 2.75) is 26.2 Å². The third-order valence-electron chi connectivity index (χ3n) is 3.84. The zero-order valence-electron chi connectivity index (χ0n) is 11.8. The Morgan fingerprint density at radius 2 is 1.56 bits per heavy atom. The molecule has 0 unspecified atom stereocenters. The summed E-state index contributed by atoms with van der Waals surface area (Å²) in [7, 11) is 4.32. The zero-order valence-corrected chi connectivity index (χ0v) is 11.8. The van der Waals surface area contributed by atoms with Gasteiger partial charge in [0.25, 0.3) is 0 Å². The molecule has 2 nitrogen and oxygen atoms in total. The summed E-state index contributed by atoms with van der Waals surface area (Å²) in [6.45, 7) is 6.80. The number of hydrogen-bond acceptors (Lipinski definition) is 0. The first-order chi connectivity index (χ1) is 8.41. The van der Waals surface area contributed by atoms with Crippen molar-refractivity contribution >= 4 is 21.9 Å². The van der Waals surface area contributed by atoms with Crippen LogP contribution in [-0.2, 0) is 19.5 Å². The highest BCUT2D eigenvalue weighted by Gasteiger charge is 2.22. The van der Waals surface area contributed by atoms with E-state index in [0.29, 0.717) is 0 Å². The van der Waals surface area contributed by atoms with Crippen molar-refractivity contribution in [1.82, 2.24) is 9.13 Å². The van der Waals surface area contributed by atoms with Crippen LogP contribution in [0.15, 0.2) is 30.3 Å². The van der Waals surface area contributed by atoms with Crippen molar-refractivity contribution in [3.63, 3.8) is 0 Å². The van der Waals surface area contributed by atoms with Crippen LogP contribution in [0.1, 0.15) is 26.5 Å². The van der Waals surface area contributed by atoms with Gasteiger partial charge in [0, 0.05) is 36.0 Å². The van der Waals surface area contributed by atoms with Crippen LogP contribution in [0.4, 0.5) is 0 Å². The molecular weight excluding hydrogens is 220 g/mol. The molecule has 0 saturated heterocycles. The molecule has 94 valence electrons. The van der Waals surface area contributed by atoms with E-state index in [1.165, 1.54) is 27.6 Å². The van der Waals surface area contributed by atoms with Crippen LogP contribution in [0.2, 0.25) is 0 Å². The molecule has 0 saturated carbocycles. The van der Waals surface area contributed by atoms with E-state index >= 15 is 0 Å². The number of benzene rings is 1. The molecule has 2 aromatic heterocycles. The maximum atomic E-state index is 2.34. The summed E-state index contributed by atoms with van der Waals surface area (Å²) >= 11 is 0. The fourth-order valence-corrected chi connectivity index (χ4v) is 3.02. The topological polar surface area (TPSA) is 9.86 Å². The molecule has 3 rings (SSSR count). The predicted octanol–water partition coefficient (Wildman–Crippen LogP) is 3.97. The highest BCUT2D eigenvalue weighted by Crippen LogP contribution is 2.34. The maximum absolute atomic E-state index is 2.34. The van der Waals surface area contributed by atoms with E-state index in [0.717, 1.165) is 0 Å². The Labute approximate surface area is 108 Å². The van der Waals surface area contributed by atoms with Gasteiger partial charge in [0.2, 0.25) is 0 Å². The molecule has 0 N–H and O–H groups in total. The number of aryl methyl sites for hydroxylation is 2. The number of rotatable bonds is 0. The van der Waals surface area contributed by atoms with Crippen molar-refractivity contribution in [1.29, 1.82) is 0 Å². The lowest BCUT2D eigenvalue weighted by Crippen LogP contribution is -2.16. The standard InChI is InChI=1S/C16H20N2/c1-16(2,3)14-10-12-11-8-6-7-9-13(11)17(4)15(12)18(14)5/h6-10H,1-5H3. The van der Waals surface area contributed by atoms with E-state index in [4.69, 9.17) is 0 Å². The minimum Gasteiger partial charge on any atom is -0.334 e. The van der Waals surface area contributed by atoms with Crippen molar-refractivity contribution in [2.24, 2.45) is 14.1 Å². The Morgan fingerprint density at radius 3 is 2.22 bits per heavy atom. The summed E-state index contributed by atoms with van der Waals surface area (Å²) in [6.07, 6.45) is 0. The molecule has 18 heavy (non-hydrogen) atoms. The van der Waals surface area contributed by atoms with Gasteiger partial charge in [-0.2, -0.15) is 0 Å². The van der Waals surface area contributed by atoms with Crippen LogP contribution in [0, 0.1) is 0 Å². The van der Waals surface area contributed by atoms with Gasteiger partial charge >= 0.3 is 0 Å². The van der Waals surface area contributed by atoms with E-state index in [2.05, 4.69) is 74.3 Å². The third kappa shape index (κ3) is 1.35. The van der Waals surface area contributed by atoms with Crippen LogP contribution in [0.3, 0.4) is 0 Å². The van der Waals surface area contributed by atoms with E-state index in [1.807, 2.05) is 0 Å². The molecule has 0 radical (unpaired) electrons. The van der Waals surface area contributed by atoms with Gasteiger partial charge in [-0.15, -0.1) is 0 Å². The summed E-state index contributed by atoms with van der Waals surface area (Å²) in [6, 6.07) is 11.0. The number of para-hydroxylation sites is 1. The van der Waals surface area contributed by atoms with Crippen molar-refractivity contribution in [2.75, 3.05) is 0 Å². The van der Waals surface area contributed by atoms with Crippen molar-refractivity contribution < 1.29 is 0 Å². The van der Waals surface area contributed by atoms with Gasteiger partial charge in [-0.05, 0) is 12.1 Å². The second kappa shape index (κ2) is 3.41. The highest BCUT2D eigenvalue weighted by atomic mass is 15.1. The molecule has 1 aromatic carbocycles. The molecule has 0 aliphatic carbocycles. The fraction of sp³-hybridized carbons (Fsp3) is 0.375. The minimum atomic E-state index is 0.175. The minimum absolute atomic E-state index is 0.175. The van der Waals surface area contributed by atoms with Gasteiger partial charge in [-0.3, -0.25) is 0 Å². The first-order valence-electron chi connectivity index (χ1n) is 6.44. The summed E-state index contributed by atoms with van der Waals surface area (Å²) in [4.78, 5) is 0. The monoisotopic (exact) mass is 240 g/mol. The lowest BCUT2D eigenvalue weighted by Gasteiger charge is -2.20. The summed E-state index contributed by atoms with van der Waals surface area (Å²) in [5.41, 5.74) is 4.17. The molecule has 3 aromatic rings. The molecule has 0 bridgehead atoms. The molecule has 0 amide bonds. The van der Waals surface area contributed by atoms with Gasteiger partial charge in [0.05, 0.1) is 5.52 Å². The quantitative estimate of drug-likeness (QED) is 0.563. The second-order valence-corrected chi connectivity index (χ2v) is 6.15. The number of hydrogen-bond donors (Lipinski definition) is 0. The van der Waals surface area contributed by atoms with E-state index in [-0.39, 0.29) is 5.41 Å². The van der Waals surface area contributed by atoms with Crippen LogP contribution in [0.25, 0.3) is 21.9 Å². The van der Waals surface area contributed by atoms with Crippen molar-refractivity contribution in [3.05, 3.63) is 36.0 Å². The molecule has 0 atom stereocenters. The fourth-order valence-electron chi connectivity index (χ4n) is 3.02. The Bertz CT molecular complexity index is 736. The highest BCUT2D eigenvalue weighted by molar-refractivity contribution is 6.07. The van der Waals surface area contributed by atoms with Gasteiger partial charge in [-0.1, -0.05) is 39.0 Å². The zero-order chi connectivity index (χ0) is 13.1. The molecule has 2 heterocycles. The first-order valence-corrected chi connectivity index (χ1v) is 6.44. The maximum Gasteiger partial charge on any atom is 0.120 e. The molecule has 2 heteroatoms. The SMILES string of the molecule is Cn1c(C(C)(C)C)cc2c3ccccc3n(C)c21. The first kappa shape index (κ1) is 11.4. The van der Waals surface area contributed by atoms with Gasteiger partial charge in [0.1, 0.15) is 5.65 Å². The van der Waals surface area contributed by atoms with Gasteiger partial charge < -0.3 is 9.13 Å². The van der Waals surface area contributed by atoms with Crippen LogP contribution >= 0.6 is 0 Å². The predicted molar refractivity (Wildman–Crippen MR) is 78.1 cm³/mol. The number of aromatic nitrogens is 2. The largest absolute Gasteiger partial charge is 0.334 e. The Kier molecular flexibility index (Phi) is 2.16. The molecule has 0 aliphatic heterocycles. The lowest BCUT2D eigenvalue weighted by molar-refractivity contribution is 0.545. The van der Waals surface area contributed by atoms with E-state index < -0.39 is 0 Å². The smallest absolute Gasteiger partial charge is 0.120 e. The van der Waals surface area contributed by atoms with Crippen LogP contribution in [-0.4, -0.2) is 9.13 Å². The van der Waals surface area contributed by atoms with Crippen molar-refractivity contribution in [3.8, 4) is 0 Å². The van der Waals surface area contributed by atoms with E-state index in [9.17, 15) is 0 Å². The normalized spacial score (nSPS) is 12.7. The Morgan fingerprint density at radius 1 is 0.889 bits per heavy atom. The average molecular weight is 240 g/mol. The van der Waals surface area contributed by atoms with Gasteiger partial charge in [0.15, 0.2) is 0 Å². The summed E-state index contributed by atoms with van der Waals surface area (Å²) < 4.78 is 4.62. The van der Waals surface area contributed by atoms with Gasteiger partial charge in [-0.25, -0.2) is 0 Å². The number of nitrogens with zero attached hydrogens (tertiary/aromatic N) is 2. The van der Waals surface area contributed by atoms with E-state index in [1.54, 1.807) is 0 Å². The lowest BCUT2D eigenvalue weighted by atomic mass is 9.92. The molecule has 0 aliphatic rings. The Hall–Kier alpha value is -1.70. The molecule has 0 spiro atoms. The Balaban J connectivity index is 2.50. The molecular formula is C16H20N2. The molecule has 0 fully saturated rings. The number of fused-ring (bicyclic) bond motifs is 3. The summed E-state index contributed by atoms with van der Waals surface area (Å²) in [5.74, 6) is 0.